The maximum absolute atomic E-state index is 13.1. The molecule has 2 aromatic carbocycles. The molecule has 0 unspecified atom stereocenters. The summed E-state index contributed by atoms with van der Waals surface area (Å²) >= 11 is 7.49. The monoisotopic (exact) mass is 573 g/mol. The molecule has 5 aromatic rings. The molecule has 0 atom stereocenters. The lowest BCUT2D eigenvalue weighted by molar-refractivity contribution is 0.262. The van der Waals surface area contributed by atoms with E-state index in [4.69, 9.17) is 16.0 Å². The van der Waals surface area contributed by atoms with Crippen LogP contribution in [0.4, 0.5) is 21.9 Å². The number of amides is 2. The molecule has 1 saturated heterocycles. The quantitative estimate of drug-likeness (QED) is 0.259. The second kappa shape index (κ2) is 11.5. The number of anilines is 3. The molecular weight excluding hydrogens is 550 g/mol. The number of hydrogen-bond donors (Lipinski definition) is 2. The number of benzene rings is 2. The molecule has 0 aliphatic carbocycles. The third kappa shape index (κ3) is 5.69. The molecular formula is C27H24ClN9O2S. The van der Waals surface area contributed by atoms with Crippen molar-refractivity contribution in [3.8, 4) is 11.5 Å². The van der Waals surface area contributed by atoms with E-state index in [2.05, 4.69) is 52.6 Å². The highest BCUT2D eigenvalue weighted by atomic mass is 35.5. The number of aromatic nitrogens is 5. The van der Waals surface area contributed by atoms with E-state index >= 15 is 0 Å². The van der Waals surface area contributed by atoms with Gasteiger partial charge in [0, 0.05) is 44.0 Å². The van der Waals surface area contributed by atoms with E-state index in [1.807, 2.05) is 30.3 Å². The van der Waals surface area contributed by atoms with Gasteiger partial charge in [-0.2, -0.15) is 0 Å². The zero-order valence-corrected chi connectivity index (χ0v) is 23.0. The number of para-hydroxylation sites is 1. The fourth-order valence-electron chi connectivity index (χ4n) is 4.34. The Morgan fingerprint density at radius 3 is 2.62 bits per heavy atom. The summed E-state index contributed by atoms with van der Waals surface area (Å²) in [5.41, 5.74) is 3.47. The van der Waals surface area contributed by atoms with Crippen LogP contribution in [0.15, 0.2) is 81.9 Å². The highest BCUT2D eigenvalue weighted by Gasteiger charge is 2.21. The van der Waals surface area contributed by atoms with Crippen molar-refractivity contribution in [3.63, 3.8) is 0 Å². The highest BCUT2D eigenvalue weighted by molar-refractivity contribution is 7.99. The standard InChI is InChI=1S/C27H24ClN9O2S/c1-36-9-11-37(12-10-36)23-14-21-18(13-22(23)33-26(38)32-20-7-3-2-6-19(20)28)25(31-16-30-21)40-27-35-34-24(39-27)17-5-4-8-29-15-17/h2-8,13-16H,9-12H2,1H3,(H2,32,33,38). The summed E-state index contributed by atoms with van der Waals surface area (Å²) in [5.74, 6) is 0.366. The molecule has 1 fully saturated rings. The van der Waals surface area contributed by atoms with Crippen molar-refractivity contribution in [2.45, 2.75) is 10.2 Å². The summed E-state index contributed by atoms with van der Waals surface area (Å²) in [6, 6.07) is 14.2. The Balaban J connectivity index is 1.34. The van der Waals surface area contributed by atoms with E-state index < -0.39 is 6.03 Å². The average Bonchev–Trinajstić information content (AvgIpc) is 3.44. The van der Waals surface area contributed by atoms with Crippen LogP contribution in [0.25, 0.3) is 22.4 Å². The predicted octanol–water partition coefficient (Wildman–Crippen LogP) is 5.28. The van der Waals surface area contributed by atoms with Crippen molar-refractivity contribution in [2.75, 3.05) is 48.8 Å². The van der Waals surface area contributed by atoms with E-state index in [1.165, 1.54) is 18.1 Å². The molecule has 13 heteroatoms. The number of nitrogens with zero attached hydrogens (tertiary/aromatic N) is 7. The van der Waals surface area contributed by atoms with Crippen molar-refractivity contribution in [1.82, 2.24) is 30.0 Å². The molecule has 3 aromatic heterocycles. The molecule has 1 aliphatic rings. The van der Waals surface area contributed by atoms with Crippen LogP contribution in [-0.2, 0) is 0 Å². The van der Waals surface area contributed by atoms with Crippen LogP contribution in [-0.4, -0.2) is 69.3 Å². The fraction of sp³-hybridized carbons (Fsp3) is 0.185. The zero-order chi connectivity index (χ0) is 27.5. The van der Waals surface area contributed by atoms with Gasteiger partial charge in [0.2, 0.25) is 5.89 Å². The van der Waals surface area contributed by atoms with Crippen LogP contribution in [0.1, 0.15) is 0 Å². The number of carbonyl (C=O) groups is 1. The number of hydrogen-bond acceptors (Lipinski definition) is 10. The summed E-state index contributed by atoms with van der Waals surface area (Å²) in [4.78, 5) is 30.7. The molecule has 2 N–H and O–H groups in total. The lowest BCUT2D eigenvalue weighted by atomic mass is 10.1. The summed E-state index contributed by atoms with van der Waals surface area (Å²) in [5, 5.41) is 16.3. The van der Waals surface area contributed by atoms with E-state index in [1.54, 1.807) is 30.6 Å². The molecule has 1 aliphatic heterocycles. The molecule has 202 valence electrons. The normalized spacial score (nSPS) is 13.9. The lowest BCUT2D eigenvalue weighted by Gasteiger charge is -2.35. The van der Waals surface area contributed by atoms with Gasteiger partial charge in [-0.05, 0) is 55.2 Å². The molecule has 4 heterocycles. The number of pyridine rings is 1. The first-order valence-electron chi connectivity index (χ1n) is 12.5. The Morgan fingerprint density at radius 2 is 1.82 bits per heavy atom. The third-order valence-electron chi connectivity index (χ3n) is 6.43. The van der Waals surface area contributed by atoms with Gasteiger partial charge in [-0.25, -0.2) is 14.8 Å². The Labute approximate surface area is 239 Å². The summed E-state index contributed by atoms with van der Waals surface area (Å²) in [6.07, 6.45) is 4.85. The van der Waals surface area contributed by atoms with Gasteiger partial charge in [-0.1, -0.05) is 23.7 Å². The zero-order valence-electron chi connectivity index (χ0n) is 21.4. The largest absolute Gasteiger partial charge is 0.411 e. The van der Waals surface area contributed by atoms with Crippen LogP contribution in [0, 0.1) is 0 Å². The van der Waals surface area contributed by atoms with E-state index in [-0.39, 0.29) is 0 Å². The SMILES string of the molecule is CN1CCN(c2cc3ncnc(Sc4nnc(-c5cccnc5)o4)c3cc2NC(=O)Nc2ccccc2Cl)CC1. The second-order valence-corrected chi connectivity index (χ2v) is 10.5. The van der Waals surface area contributed by atoms with Gasteiger partial charge in [-0.15, -0.1) is 10.2 Å². The van der Waals surface area contributed by atoms with Gasteiger partial charge in [0.25, 0.3) is 5.22 Å². The average molecular weight is 574 g/mol. The van der Waals surface area contributed by atoms with Crippen molar-refractivity contribution in [3.05, 3.63) is 72.3 Å². The minimum absolute atomic E-state index is 0.327. The van der Waals surface area contributed by atoms with Gasteiger partial charge < -0.3 is 24.9 Å². The summed E-state index contributed by atoms with van der Waals surface area (Å²) in [6.45, 7) is 3.44. The maximum Gasteiger partial charge on any atom is 0.323 e. The molecule has 11 nitrogen and oxygen atoms in total. The number of fused-ring (bicyclic) bond motifs is 1. The van der Waals surface area contributed by atoms with Crippen molar-refractivity contribution in [2.24, 2.45) is 0 Å². The molecule has 0 spiro atoms. The topological polar surface area (TPSA) is 125 Å². The number of piperazine rings is 1. The van der Waals surface area contributed by atoms with E-state index in [0.717, 1.165) is 48.3 Å². The smallest absolute Gasteiger partial charge is 0.323 e. The van der Waals surface area contributed by atoms with E-state index in [9.17, 15) is 4.79 Å². The first-order valence-corrected chi connectivity index (χ1v) is 13.7. The molecule has 2 amide bonds. The Morgan fingerprint density at radius 1 is 1.00 bits per heavy atom. The number of urea groups is 1. The summed E-state index contributed by atoms with van der Waals surface area (Å²) < 4.78 is 5.86. The van der Waals surface area contributed by atoms with Crippen LogP contribution in [0.5, 0.6) is 0 Å². The molecule has 0 radical (unpaired) electrons. The van der Waals surface area contributed by atoms with Crippen LogP contribution in [0.2, 0.25) is 5.02 Å². The molecule has 0 saturated carbocycles. The fourth-order valence-corrected chi connectivity index (χ4v) is 5.26. The van der Waals surface area contributed by atoms with Crippen molar-refractivity contribution < 1.29 is 9.21 Å². The number of carbonyl (C=O) groups excluding carboxylic acids is 1. The van der Waals surface area contributed by atoms with Gasteiger partial charge in [0.05, 0.1) is 33.2 Å². The highest BCUT2D eigenvalue weighted by Crippen LogP contribution is 2.37. The molecule has 0 bridgehead atoms. The number of likely N-dealkylation sites (N-methyl/N-ethyl adjacent to an activating group) is 1. The third-order valence-corrected chi connectivity index (χ3v) is 7.62. The second-order valence-electron chi connectivity index (χ2n) is 9.13. The first kappa shape index (κ1) is 26.0. The minimum Gasteiger partial charge on any atom is -0.411 e. The molecule has 6 rings (SSSR count). The van der Waals surface area contributed by atoms with Crippen LogP contribution in [0.3, 0.4) is 0 Å². The predicted molar refractivity (Wildman–Crippen MR) is 155 cm³/mol. The van der Waals surface area contributed by atoms with Gasteiger partial charge in [0.15, 0.2) is 0 Å². The Bertz CT molecular complexity index is 1660. The van der Waals surface area contributed by atoms with E-state index in [0.29, 0.717) is 32.5 Å². The van der Waals surface area contributed by atoms with Gasteiger partial charge >= 0.3 is 6.03 Å². The lowest BCUT2D eigenvalue weighted by Crippen LogP contribution is -2.44. The minimum atomic E-state index is -0.410. The van der Waals surface area contributed by atoms with Crippen molar-refractivity contribution >= 4 is 57.4 Å². The Kier molecular flexibility index (Phi) is 7.45. The molecule has 40 heavy (non-hydrogen) atoms. The van der Waals surface area contributed by atoms with Crippen LogP contribution >= 0.6 is 23.4 Å². The number of rotatable bonds is 6. The Hall–Kier alpha value is -4.26. The van der Waals surface area contributed by atoms with Gasteiger partial charge in [0.1, 0.15) is 11.4 Å². The number of halogens is 1. The first-order chi connectivity index (χ1) is 19.5. The number of nitrogens with one attached hydrogen (secondary N) is 2. The maximum atomic E-state index is 13.1. The van der Waals surface area contributed by atoms with Crippen LogP contribution < -0.4 is 15.5 Å². The van der Waals surface area contributed by atoms with Gasteiger partial charge in [-0.3, -0.25) is 4.98 Å². The summed E-state index contributed by atoms with van der Waals surface area (Å²) in [7, 11) is 2.10. The van der Waals surface area contributed by atoms with Crippen molar-refractivity contribution in [1.29, 1.82) is 0 Å².